The van der Waals surface area contributed by atoms with Crippen LogP contribution in [0.5, 0.6) is 5.75 Å². The Morgan fingerprint density at radius 3 is 2.40 bits per heavy atom. The quantitative estimate of drug-likeness (QED) is 0.653. The zero-order valence-corrected chi connectivity index (χ0v) is 15.7. The van der Waals surface area contributed by atoms with Gasteiger partial charge in [0, 0.05) is 16.2 Å². The number of hydrogen-bond donors (Lipinski definition) is 3. The van der Waals surface area contributed by atoms with E-state index in [-0.39, 0.29) is 24.9 Å². The Balaban J connectivity index is 1.82. The van der Waals surface area contributed by atoms with Gasteiger partial charge in [0.05, 0.1) is 19.8 Å². The second-order valence-electron chi connectivity index (χ2n) is 5.62. The summed E-state index contributed by atoms with van der Waals surface area (Å²) in [7, 11) is 3.37. The van der Waals surface area contributed by atoms with Gasteiger partial charge in [-0.25, -0.2) is 0 Å². The fourth-order valence-electron chi connectivity index (χ4n) is 2.27. The third kappa shape index (κ3) is 6.21. The Bertz CT molecular complexity index is 752. The fraction of sp³-hybridized carbons (Fsp3) is 0.222. The van der Waals surface area contributed by atoms with Crippen molar-refractivity contribution in [3.05, 3.63) is 53.0 Å². The van der Waals surface area contributed by atoms with E-state index in [2.05, 4.69) is 26.6 Å². The lowest BCUT2D eigenvalue weighted by Crippen LogP contribution is -3.11. The van der Waals surface area contributed by atoms with Gasteiger partial charge in [-0.3, -0.25) is 9.59 Å². The highest BCUT2D eigenvalue weighted by molar-refractivity contribution is 9.10. The molecule has 0 spiro atoms. The lowest BCUT2D eigenvalue weighted by atomic mass is 10.3. The van der Waals surface area contributed by atoms with Crippen molar-refractivity contribution in [3.63, 3.8) is 0 Å². The van der Waals surface area contributed by atoms with Gasteiger partial charge in [0.25, 0.3) is 11.8 Å². The fourth-order valence-corrected chi connectivity index (χ4v) is 2.66. The molecule has 0 saturated carbocycles. The minimum absolute atomic E-state index is 0.154. The molecule has 0 fully saturated rings. The van der Waals surface area contributed by atoms with Gasteiger partial charge >= 0.3 is 0 Å². The first kappa shape index (κ1) is 19.0. The minimum atomic E-state index is -0.167. The third-order valence-corrected chi connectivity index (χ3v) is 4.12. The number of hydrogen-bond acceptors (Lipinski definition) is 3. The van der Waals surface area contributed by atoms with Crippen LogP contribution < -0.4 is 20.3 Å². The van der Waals surface area contributed by atoms with Gasteiger partial charge in [0.1, 0.15) is 5.75 Å². The summed E-state index contributed by atoms with van der Waals surface area (Å²) >= 11 is 3.38. The van der Waals surface area contributed by atoms with E-state index in [0.717, 1.165) is 9.37 Å². The summed E-state index contributed by atoms with van der Waals surface area (Å²) in [6.07, 6.45) is 0. The number of benzene rings is 2. The Hall–Kier alpha value is -2.38. The van der Waals surface area contributed by atoms with Crippen molar-refractivity contribution in [3.8, 4) is 5.75 Å². The molecule has 0 heterocycles. The van der Waals surface area contributed by atoms with Crippen LogP contribution in [-0.4, -0.2) is 39.1 Å². The van der Waals surface area contributed by atoms with E-state index < -0.39 is 0 Å². The van der Waals surface area contributed by atoms with E-state index in [1.165, 1.54) is 0 Å². The molecule has 2 aromatic carbocycles. The number of methoxy groups -OCH3 is 1. The molecule has 0 bridgehead atoms. The number of rotatable bonds is 7. The van der Waals surface area contributed by atoms with Crippen molar-refractivity contribution in [1.29, 1.82) is 0 Å². The van der Waals surface area contributed by atoms with Crippen LogP contribution in [0.2, 0.25) is 0 Å². The number of para-hydroxylation sites is 1. The Morgan fingerprint density at radius 2 is 1.72 bits per heavy atom. The molecule has 0 aliphatic rings. The molecular weight excluding hydrogens is 386 g/mol. The first-order valence-electron chi connectivity index (χ1n) is 7.77. The molecule has 1 unspecified atom stereocenters. The number of carbonyl (C=O) groups is 2. The van der Waals surface area contributed by atoms with Crippen LogP contribution in [0.25, 0.3) is 0 Å². The first-order chi connectivity index (χ1) is 12.0. The maximum atomic E-state index is 12.1. The van der Waals surface area contributed by atoms with Gasteiger partial charge in [-0.05, 0) is 40.2 Å². The smallest absolute Gasteiger partial charge is 0.279 e. The van der Waals surface area contributed by atoms with Crippen LogP contribution in [0.3, 0.4) is 0 Å². The van der Waals surface area contributed by atoms with Gasteiger partial charge in [-0.15, -0.1) is 0 Å². The van der Waals surface area contributed by atoms with Crippen molar-refractivity contribution >= 4 is 39.1 Å². The number of carbonyl (C=O) groups excluding carboxylic acids is 2. The average Bonchev–Trinajstić information content (AvgIpc) is 2.56. The van der Waals surface area contributed by atoms with E-state index in [1.807, 2.05) is 24.3 Å². The van der Waals surface area contributed by atoms with Crippen LogP contribution in [0.15, 0.2) is 53.0 Å². The Morgan fingerprint density at radius 1 is 1.04 bits per heavy atom. The second-order valence-corrected chi connectivity index (χ2v) is 6.47. The molecule has 0 aromatic heterocycles. The molecule has 2 amide bonds. The summed E-state index contributed by atoms with van der Waals surface area (Å²) < 4.78 is 5.94. The third-order valence-electron chi connectivity index (χ3n) is 3.43. The number of nitrogens with one attached hydrogen (secondary N) is 3. The summed E-state index contributed by atoms with van der Waals surface area (Å²) in [6, 6.07) is 14.5. The molecule has 2 rings (SSSR count). The molecule has 0 aliphatic carbocycles. The standard InChI is InChI=1S/C18H20BrN3O3/c1-22(12-18(24)21-16-9-4-3-8-15(16)19)11-17(23)20-13-6-5-7-14(10-13)25-2/h3-10H,11-12H2,1-2H3,(H,20,23)(H,21,24)/p+1. The van der Waals surface area contributed by atoms with Crippen molar-refractivity contribution in [2.45, 2.75) is 0 Å². The molecule has 25 heavy (non-hydrogen) atoms. The zero-order valence-electron chi connectivity index (χ0n) is 14.1. The van der Waals surface area contributed by atoms with E-state index in [1.54, 1.807) is 38.4 Å². The highest BCUT2D eigenvalue weighted by atomic mass is 79.9. The Labute approximate surface area is 155 Å². The normalized spacial score (nSPS) is 11.5. The number of ether oxygens (including phenoxy) is 1. The van der Waals surface area contributed by atoms with Crippen LogP contribution >= 0.6 is 15.9 Å². The van der Waals surface area contributed by atoms with E-state index in [4.69, 9.17) is 4.74 Å². The predicted octanol–water partition coefficient (Wildman–Crippen LogP) is 1.55. The summed E-state index contributed by atoms with van der Waals surface area (Å²) in [5.41, 5.74) is 1.37. The minimum Gasteiger partial charge on any atom is -0.497 e. The number of amides is 2. The summed E-state index contributed by atoms with van der Waals surface area (Å²) in [5, 5.41) is 5.62. The molecule has 1 atom stereocenters. The van der Waals surface area contributed by atoms with Gasteiger partial charge in [0.15, 0.2) is 13.1 Å². The predicted molar refractivity (Wildman–Crippen MR) is 101 cm³/mol. The summed E-state index contributed by atoms with van der Waals surface area (Å²) in [6.45, 7) is 0.369. The SMILES string of the molecule is COc1cccc(NC(=O)C[NH+](C)CC(=O)Nc2ccccc2Br)c1. The highest BCUT2D eigenvalue weighted by Gasteiger charge is 2.15. The van der Waals surface area contributed by atoms with E-state index >= 15 is 0 Å². The summed E-state index contributed by atoms with van der Waals surface area (Å²) in [5.74, 6) is 0.351. The molecule has 0 radical (unpaired) electrons. The maximum Gasteiger partial charge on any atom is 0.279 e. The van der Waals surface area contributed by atoms with Crippen molar-refractivity contribution in [2.75, 3.05) is 37.9 Å². The Kier molecular flexibility index (Phi) is 6.97. The molecule has 0 aliphatic heterocycles. The van der Waals surface area contributed by atoms with E-state index in [0.29, 0.717) is 17.1 Å². The largest absolute Gasteiger partial charge is 0.497 e. The summed E-state index contributed by atoms with van der Waals surface area (Å²) in [4.78, 5) is 25.0. The maximum absolute atomic E-state index is 12.1. The molecule has 2 aromatic rings. The van der Waals surface area contributed by atoms with Crippen LogP contribution in [0.4, 0.5) is 11.4 Å². The molecule has 7 heteroatoms. The number of likely N-dealkylation sites (N-methyl/N-ethyl adjacent to an activating group) is 1. The molecule has 0 saturated heterocycles. The number of halogens is 1. The van der Waals surface area contributed by atoms with Crippen LogP contribution in [0, 0.1) is 0 Å². The highest BCUT2D eigenvalue weighted by Crippen LogP contribution is 2.20. The monoisotopic (exact) mass is 406 g/mol. The first-order valence-corrected chi connectivity index (χ1v) is 8.57. The molecule has 3 N–H and O–H groups in total. The number of quaternary nitrogens is 1. The second kappa shape index (κ2) is 9.19. The van der Waals surface area contributed by atoms with Crippen LogP contribution in [-0.2, 0) is 9.59 Å². The van der Waals surface area contributed by atoms with Crippen LogP contribution in [0.1, 0.15) is 0 Å². The van der Waals surface area contributed by atoms with Crippen molar-refractivity contribution < 1.29 is 19.2 Å². The van der Waals surface area contributed by atoms with E-state index in [9.17, 15) is 9.59 Å². The topological polar surface area (TPSA) is 71.9 Å². The lowest BCUT2D eigenvalue weighted by Gasteiger charge is -2.14. The number of anilines is 2. The van der Waals surface area contributed by atoms with Crippen molar-refractivity contribution in [2.24, 2.45) is 0 Å². The van der Waals surface area contributed by atoms with Gasteiger partial charge in [-0.1, -0.05) is 18.2 Å². The van der Waals surface area contributed by atoms with Gasteiger partial charge < -0.3 is 20.3 Å². The molecular formula is C18H21BrN3O3+. The van der Waals surface area contributed by atoms with Gasteiger partial charge in [-0.2, -0.15) is 0 Å². The molecule has 6 nitrogen and oxygen atoms in total. The lowest BCUT2D eigenvalue weighted by molar-refractivity contribution is -0.862. The van der Waals surface area contributed by atoms with Gasteiger partial charge in [0.2, 0.25) is 0 Å². The zero-order chi connectivity index (χ0) is 18.2. The molecule has 132 valence electrons. The average molecular weight is 407 g/mol. The van der Waals surface area contributed by atoms with Crippen molar-refractivity contribution in [1.82, 2.24) is 0 Å².